The maximum atomic E-state index is 11.6. The molecule has 5 heteroatoms. The molecule has 4 nitrogen and oxygen atoms in total. The van der Waals surface area contributed by atoms with Gasteiger partial charge in [0.05, 0.1) is 11.4 Å². The average Bonchev–Trinajstić information content (AvgIpc) is 2.69. The van der Waals surface area contributed by atoms with Gasteiger partial charge in [0.25, 0.3) is 0 Å². The van der Waals surface area contributed by atoms with E-state index in [2.05, 4.69) is 5.32 Å². The van der Waals surface area contributed by atoms with Crippen LogP contribution in [0, 0.1) is 0 Å². The van der Waals surface area contributed by atoms with Gasteiger partial charge in [-0.2, -0.15) is 0 Å². The minimum Gasteiger partial charge on any atom is -0.465 e. The number of benzene rings is 1. The highest BCUT2D eigenvalue weighted by atomic mass is 32.1. The zero-order chi connectivity index (χ0) is 11.5. The van der Waals surface area contributed by atoms with Crippen LogP contribution in [0.1, 0.15) is 9.67 Å². The number of carbonyl (C=O) groups excluding carboxylic acids is 1. The molecule has 82 valence electrons. The third-order valence-corrected chi connectivity index (χ3v) is 3.26. The van der Waals surface area contributed by atoms with Gasteiger partial charge in [-0.15, -0.1) is 11.3 Å². The summed E-state index contributed by atoms with van der Waals surface area (Å²) in [4.78, 5) is 22.4. The summed E-state index contributed by atoms with van der Waals surface area (Å²) >= 11 is 1.37. The lowest BCUT2D eigenvalue weighted by molar-refractivity contribution is 0.0991. The number of ketones is 1. The van der Waals surface area contributed by atoms with Crippen LogP contribution in [-0.4, -0.2) is 23.5 Å². The van der Waals surface area contributed by atoms with Gasteiger partial charge < -0.3 is 10.4 Å². The zero-order valence-electron chi connectivity index (χ0n) is 8.27. The van der Waals surface area contributed by atoms with Gasteiger partial charge in [-0.3, -0.25) is 4.79 Å². The van der Waals surface area contributed by atoms with E-state index in [0.29, 0.717) is 4.88 Å². The van der Waals surface area contributed by atoms with Crippen LogP contribution in [0.15, 0.2) is 30.3 Å². The molecule has 0 unspecified atom stereocenters. The van der Waals surface area contributed by atoms with E-state index < -0.39 is 6.09 Å². The Hall–Kier alpha value is -1.88. The molecule has 2 rings (SSSR count). The van der Waals surface area contributed by atoms with Crippen molar-refractivity contribution in [3.63, 3.8) is 0 Å². The van der Waals surface area contributed by atoms with Crippen molar-refractivity contribution in [2.24, 2.45) is 0 Å². The third-order valence-electron chi connectivity index (χ3n) is 2.10. The molecule has 0 aliphatic rings. The summed E-state index contributed by atoms with van der Waals surface area (Å²) in [6, 6.07) is 9.45. The Morgan fingerprint density at radius 2 is 2.06 bits per heavy atom. The SMILES string of the molecule is O=C(O)NCC(=O)c1cc2ccccc2s1. The molecule has 0 bridgehead atoms. The van der Waals surface area contributed by atoms with E-state index in [-0.39, 0.29) is 12.3 Å². The Balaban J connectivity index is 2.20. The molecule has 2 N–H and O–H groups in total. The van der Waals surface area contributed by atoms with Crippen molar-refractivity contribution in [2.75, 3.05) is 6.54 Å². The van der Waals surface area contributed by atoms with Crippen molar-refractivity contribution >= 4 is 33.3 Å². The van der Waals surface area contributed by atoms with Crippen LogP contribution in [0.4, 0.5) is 4.79 Å². The number of thiophene rings is 1. The predicted molar refractivity (Wildman–Crippen MR) is 62.2 cm³/mol. The van der Waals surface area contributed by atoms with Gasteiger partial charge in [0.1, 0.15) is 0 Å². The normalized spacial score (nSPS) is 10.2. The molecule has 2 aromatic rings. The van der Waals surface area contributed by atoms with E-state index in [9.17, 15) is 9.59 Å². The van der Waals surface area contributed by atoms with Gasteiger partial charge in [0, 0.05) is 4.70 Å². The number of carboxylic acid groups (broad SMARTS) is 1. The molecule has 16 heavy (non-hydrogen) atoms. The number of fused-ring (bicyclic) bond motifs is 1. The summed E-state index contributed by atoms with van der Waals surface area (Å²) in [7, 11) is 0. The van der Waals surface area contributed by atoms with Gasteiger partial charge in [-0.25, -0.2) is 4.79 Å². The second kappa shape index (κ2) is 4.32. The fourth-order valence-electron chi connectivity index (χ4n) is 1.36. The number of Topliss-reactive ketones (excluding diaryl/α,β-unsaturated/α-hetero) is 1. The van der Waals surface area contributed by atoms with Crippen LogP contribution in [0.2, 0.25) is 0 Å². The van der Waals surface area contributed by atoms with Gasteiger partial charge in [0.2, 0.25) is 0 Å². The van der Waals surface area contributed by atoms with Crippen molar-refractivity contribution in [2.45, 2.75) is 0 Å². The maximum Gasteiger partial charge on any atom is 0.405 e. The van der Waals surface area contributed by atoms with E-state index in [1.807, 2.05) is 24.3 Å². The average molecular weight is 235 g/mol. The zero-order valence-corrected chi connectivity index (χ0v) is 9.08. The molecular weight excluding hydrogens is 226 g/mol. The smallest absolute Gasteiger partial charge is 0.405 e. The number of hydrogen-bond donors (Lipinski definition) is 2. The van der Waals surface area contributed by atoms with Gasteiger partial charge in [-0.05, 0) is 17.5 Å². The second-order valence-electron chi connectivity index (χ2n) is 3.23. The van der Waals surface area contributed by atoms with Crippen molar-refractivity contribution in [3.8, 4) is 0 Å². The van der Waals surface area contributed by atoms with E-state index in [1.54, 1.807) is 6.07 Å². The standard InChI is InChI=1S/C11H9NO3S/c13-8(6-12-11(14)15)10-5-7-3-1-2-4-9(7)16-10/h1-5,12H,6H2,(H,14,15). The van der Waals surface area contributed by atoms with Crippen molar-refractivity contribution < 1.29 is 14.7 Å². The summed E-state index contributed by atoms with van der Waals surface area (Å²) in [5.74, 6) is -0.205. The summed E-state index contributed by atoms with van der Waals surface area (Å²) in [5, 5.41) is 11.5. The molecule has 1 amide bonds. The minimum atomic E-state index is -1.19. The Bertz CT molecular complexity index is 514. The lowest BCUT2D eigenvalue weighted by atomic mass is 10.2. The number of carbonyl (C=O) groups is 2. The van der Waals surface area contributed by atoms with Crippen LogP contribution < -0.4 is 5.32 Å². The first-order valence-corrected chi connectivity index (χ1v) is 5.47. The van der Waals surface area contributed by atoms with Gasteiger partial charge in [0.15, 0.2) is 5.78 Å². The molecule has 0 atom stereocenters. The lowest BCUT2D eigenvalue weighted by Gasteiger charge is -1.96. The van der Waals surface area contributed by atoms with Crippen LogP contribution in [0.3, 0.4) is 0 Å². The first kappa shape index (κ1) is 10.6. The first-order valence-electron chi connectivity index (χ1n) is 4.65. The van der Waals surface area contributed by atoms with Crippen LogP contribution in [-0.2, 0) is 0 Å². The molecule has 0 fully saturated rings. The maximum absolute atomic E-state index is 11.6. The molecule has 0 saturated heterocycles. The van der Waals surface area contributed by atoms with E-state index >= 15 is 0 Å². The van der Waals surface area contributed by atoms with E-state index in [1.165, 1.54) is 11.3 Å². The lowest BCUT2D eigenvalue weighted by Crippen LogP contribution is -2.27. The number of rotatable bonds is 3. The Labute approximate surface area is 95.5 Å². The highest BCUT2D eigenvalue weighted by molar-refractivity contribution is 7.20. The fraction of sp³-hybridized carbons (Fsp3) is 0.0909. The van der Waals surface area contributed by atoms with Crippen molar-refractivity contribution in [1.82, 2.24) is 5.32 Å². The van der Waals surface area contributed by atoms with Crippen LogP contribution in [0.25, 0.3) is 10.1 Å². The fourth-order valence-corrected chi connectivity index (χ4v) is 2.36. The highest BCUT2D eigenvalue weighted by Crippen LogP contribution is 2.25. The molecule has 0 saturated carbocycles. The molecule has 0 radical (unpaired) electrons. The Morgan fingerprint density at radius 1 is 1.31 bits per heavy atom. The van der Waals surface area contributed by atoms with Crippen LogP contribution >= 0.6 is 11.3 Å². The van der Waals surface area contributed by atoms with Crippen molar-refractivity contribution in [1.29, 1.82) is 0 Å². The molecule has 0 spiro atoms. The molecule has 1 aromatic carbocycles. The third kappa shape index (κ3) is 2.20. The van der Waals surface area contributed by atoms with Crippen LogP contribution in [0.5, 0.6) is 0 Å². The number of amides is 1. The molecule has 0 aliphatic carbocycles. The monoisotopic (exact) mass is 235 g/mol. The topological polar surface area (TPSA) is 66.4 Å². The Morgan fingerprint density at radius 3 is 2.75 bits per heavy atom. The first-order chi connectivity index (χ1) is 7.66. The van der Waals surface area contributed by atoms with Gasteiger partial charge in [-0.1, -0.05) is 18.2 Å². The summed E-state index contributed by atoms with van der Waals surface area (Å²) in [6.07, 6.45) is -1.19. The summed E-state index contributed by atoms with van der Waals surface area (Å²) in [5.41, 5.74) is 0. The summed E-state index contributed by atoms with van der Waals surface area (Å²) < 4.78 is 1.03. The predicted octanol–water partition coefficient (Wildman–Crippen LogP) is 2.35. The van der Waals surface area contributed by atoms with E-state index in [4.69, 9.17) is 5.11 Å². The quantitative estimate of drug-likeness (QED) is 0.802. The highest BCUT2D eigenvalue weighted by Gasteiger charge is 2.10. The minimum absolute atomic E-state index is 0.178. The number of nitrogens with one attached hydrogen (secondary N) is 1. The van der Waals surface area contributed by atoms with Gasteiger partial charge >= 0.3 is 6.09 Å². The molecule has 1 heterocycles. The van der Waals surface area contributed by atoms with E-state index in [0.717, 1.165) is 10.1 Å². The molecular formula is C11H9NO3S. The van der Waals surface area contributed by atoms with Crippen molar-refractivity contribution in [3.05, 3.63) is 35.2 Å². The second-order valence-corrected chi connectivity index (χ2v) is 4.31. The largest absolute Gasteiger partial charge is 0.465 e. The molecule has 1 aromatic heterocycles. The number of hydrogen-bond acceptors (Lipinski definition) is 3. The molecule has 0 aliphatic heterocycles. The summed E-state index contributed by atoms with van der Waals surface area (Å²) in [6.45, 7) is -0.178. The Kier molecular flexibility index (Phi) is 2.87.